The van der Waals surface area contributed by atoms with Gasteiger partial charge in [-0.25, -0.2) is 9.97 Å². The van der Waals surface area contributed by atoms with Crippen LogP contribution < -0.4 is 5.73 Å². The van der Waals surface area contributed by atoms with Gasteiger partial charge in [-0.3, -0.25) is 0 Å². The number of rotatable bonds is 2. The second-order valence-corrected chi connectivity index (χ2v) is 3.38. The van der Waals surface area contributed by atoms with E-state index in [1.807, 2.05) is 6.07 Å². The lowest BCUT2D eigenvalue weighted by atomic mass is 10.2. The Hall–Kier alpha value is -0.960. The first-order valence-corrected chi connectivity index (χ1v) is 4.36. The van der Waals surface area contributed by atoms with Gasteiger partial charge in [0, 0.05) is 11.9 Å². The first-order chi connectivity index (χ1) is 5.74. The summed E-state index contributed by atoms with van der Waals surface area (Å²) in [6.45, 7) is 2.09. The van der Waals surface area contributed by atoms with E-state index in [0.717, 1.165) is 30.8 Å². The molecule has 0 amide bonds. The van der Waals surface area contributed by atoms with E-state index in [9.17, 15) is 0 Å². The number of hydrogen-bond donors (Lipinski definition) is 1. The second-order valence-electron chi connectivity index (χ2n) is 3.38. The number of nitrogens with two attached hydrogens (primary N) is 1. The molecule has 0 radical (unpaired) electrons. The highest BCUT2D eigenvalue weighted by Crippen LogP contribution is 2.40. The van der Waals surface area contributed by atoms with Crippen LogP contribution in [-0.2, 0) is 12.0 Å². The molecule has 0 atom stereocenters. The molecule has 3 heteroatoms. The minimum atomic E-state index is -0.189. The second kappa shape index (κ2) is 2.52. The van der Waals surface area contributed by atoms with Gasteiger partial charge in [0.2, 0.25) is 0 Å². The molecule has 0 bridgehead atoms. The van der Waals surface area contributed by atoms with E-state index in [-0.39, 0.29) is 5.54 Å². The molecule has 1 aliphatic rings. The summed E-state index contributed by atoms with van der Waals surface area (Å²) in [7, 11) is 0. The van der Waals surface area contributed by atoms with Crippen LogP contribution in [0.3, 0.4) is 0 Å². The molecule has 3 nitrogen and oxygen atoms in total. The third-order valence-corrected chi connectivity index (χ3v) is 2.31. The van der Waals surface area contributed by atoms with Gasteiger partial charge in [0.1, 0.15) is 5.82 Å². The van der Waals surface area contributed by atoms with Crippen LogP contribution in [0.1, 0.15) is 31.3 Å². The van der Waals surface area contributed by atoms with Crippen LogP contribution in [0.25, 0.3) is 0 Å². The van der Waals surface area contributed by atoms with Crippen LogP contribution in [-0.4, -0.2) is 9.97 Å². The molecule has 0 saturated heterocycles. The predicted octanol–water partition coefficient (Wildman–Crippen LogP) is 0.987. The topological polar surface area (TPSA) is 51.8 Å². The molecule has 1 aromatic heterocycles. The summed E-state index contributed by atoms with van der Waals surface area (Å²) in [5, 5.41) is 0. The lowest BCUT2D eigenvalue weighted by Gasteiger charge is -2.06. The standard InChI is InChI=1S/C9H13N3/c1-2-7-3-6-11-8(12-7)9(10)4-5-9/h3,6H,2,4-5,10H2,1H3. The van der Waals surface area contributed by atoms with Gasteiger partial charge in [-0.1, -0.05) is 6.92 Å². The van der Waals surface area contributed by atoms with Gasteiger partial charge >= 0.3 is 0 Å². The van der Waals surface area contributed by atoms with Crippen molar-refractivity contribution < 1.29 is 0 Å². The van der Waals surface area contributed by atoms with E-state index in [1.165, 1.54) is 0 Å². The highest BCUT2D eigenvalue weighted by Gasteiger charge is 2.42. The highest BCUT2D eigenvalue weighted by molar-refractivity contribution is 5.16. The van der Waals surface area contributed by atoms with E-state index < -0.39 is 0 Å². The summed E-state index contributed by atoms with van der Waals surface area (Å²) in [5.41, 5.74) is 6.86. The molecule has 12 heavy (non-hydrogen) atoms. The molecule has 0 aliphatic heterocycles. The molecule has 1 heterocycles. The van der Waals surface area contributed by atoms with E-state index in [4.69, 9.17) is 5.73 Å². The Bertz CT molecular complexity index is 292. The minimum absolute atomic E-state index is 0.189. The quantitative estimate of drug-likeness (QED) is 0.707. The summed E-state index contributed by atoms with van der Waals surface area (Å²) in [6, 6.07) is 1.94. The summed E-state index contributed by atoms with van der Waals surface area (Å²) in [4.78, 5) is 8.57. The van der Waals surface area contributed by atoms with Gasteiger partial charge in [-0.15, -0.1) is 0 Å². The first kappa shape index (κ1) is 7.68. The van der Waals surface area contributed by atoms with E-state index >= 15 is 0 Å². The largest absolute Gasteiger partial charge is 0.319 e. The summed E-state index contributed by atoms with van der Waals surface area (Å²) in [5.74, 6) is 0.821. The lowest BCUT2D eigenvalue weighted by molar-refractivity contribution is 0.664. The van der Waals surface area contributed by atoms with Crippen molar-refractivity contribution in [1.29, 1.82) is 0 Å². The Morgan fingerprint density at radius 1 is 1.58 bits per heavy atom. The lowest BCUT2D eigenvalue weighted by Crippen LogP contribution is -2.22. The predicted molar refractivity (Wildman–Crippen MR) is 46.5 cm³/mol. The smallest absolute Gasteiger partial charge is 0.148 e. The summed E-state index contributed by atoms with van der Waals surface area (Å²) in [6.07, 6.45) is 4.81. The van der Waals surface area contributed by atoms with Crippen molar-refractivity contribution in [2.45, 2.75) is 31.7 Å². The fraction of sp³-hybridized carbons (Fsp3) is 0.556. The van der Waals surface area contributed by atoms with Crippen molar-refractivity contribution in [3.63, 3.8) is 0 Å². The van der Waals surface area contributed by atoms with Crippen molar-refractivity contribution in [3.05, 3.63) is 23.8 Å². The molecule has 1 aromatic rings. The van der Waals surface area contributed by atoms with E-state index in [0.29, 0.717) is 0 Å². The Labute approximate surface area is 72.0 Å². The molecule has 2 rings (SSSR count). The van der Waals surface area contributed by atoms with Crippen molar-refractivity contribution in [1.82, 2.24) is 9.97 Å². The highest BCUT2D eigenvalue weighted by atomic mass is 15.0. The average molecular weight is 163 g/mol. The zero-order valence-electron chi connectivity index (χ0n) is 7.25. The van der Waals surface area contributed by atoms with Gasteiger partial charge in [0.25, 0.3) is 0 Å². The molecule has 64 valence electrons. The number of aryl methyl sites for hydroxylation is 1. The Balaban J connectivity index is 2.32. The third kappa shape index (κ3) is 1.20. The summed E-state index contributed by atoms with van der Waals surface area (Å²) < 4.78 is 0. The van der Waals surface area contributed by atoms with Gasteiger partial charge in [0.05, 0.1) is 5.54 Å². The van der Waals surface area contributed by atoms with Gasteiger partial charge in [0.15, 0.2) is 0 Å². The minimum Gasteiger partial charge on any atom is -0.319 e. The summed E-state index contributed by atoms with van der Waals surface area (Å²) >= 11 is 0. The first-order valence-electron chi connectivity index (χ1n) is 4.36. The van der Waals surface area contributed by atoms with Crippen LogP contribution in [0.15, 0.2) is 12.3 Å². The fourth-order valence-electron chi connectivity index (χ4n) is 1.19. The van der Waals surface area contributed by atoms with Crippen molar-refractivity contribution in [3.8, 4) is 0 Å². The van der Waals surface area contributed by atoms with Crippen LogP contribution in [0.2, 0.25) is 0 Å². The molecule has 0 spiro atoms. The van der Waals surface area contributed by atoms with Crippen molar-refractivity contribution in [2.24, 2.45) is 5.73 Å². The molecule has 0 unspecified atom stereocenters. The van der Waals surface area contributed by atoms with Crippen molar-refractivity contribution >= 4 is 0 Å². The molecule has 1 aliphatic carbocycles. The Morgan fingerprint density at radius 3 is 2.92 bits per heavy atom. The number of aromatic nitrogens is 2. The van der Waals surface area contributed by atoms with Gasteiger partial charge in [-0.05, 0) is 25.3 Å². The average Bonchev–Trinajstić information content (AvgIpc) is 2.85. The van der Waals surface area contributed by atoms with Crippen molar-refractivity contribution in [2.75, 3.05) is 0 Å². The van der Waals surface area contributed by atoms with Crippen LogP contribution in [0, 0.1) is 0 Å². The Kier molecular flexibility index (Phi) is 1.61. The number of nitrogens with zero attached hydrogens (tertiary/aromatic N) is 2. The van der Waals surface area contributed by atoms with Gasteiger partial charge in [-0.2, -0.15) is 0 Å². The maximum Gasteiger partial charge on any atom is 0.148 e. The monoisotopic (exact) mass is 163 g/mol. The molecule has 2 N–H and O–H groups in total. The molecular weight excluding hydrogens is 150 g/mol. The van der Waals surface area contributed by atoms with Crippen LogP contribution in [0.4, 0.5) is 0 Å². The Morgan fingerprint density at radius 2 is 2.33 bits per heavy atom. The van der Waals surface area contributed by atoms with E-state index in [1.54, 1.807) is 6.20 Å². The van der Waals surface area contributed by atoms with Crippen LogP contribution in [0.5, 0.6) is 0 Å². The molecule has 1 saturated carbocycles. The normalized spacial score (nSPS) is 19.2. The maximum atomic E-state index is 5.97. The van der Waals surface area contributed by atoms with Crippen LogP contribution >= 0.6 is 0 Å². The zero-order valence-corrected chi connectivity index (χ0v) is 7.25. The maximum absolute atomic E-state index is 5.97. The SMILES string of the molecule is CCc1ccnc(C2(N)CC2)n1. The van der Waals surface area contributed by atoms with E-state index in [2.05, 4.69) is 16.9 Å². The fourth-order valence-corrected chi connectivity index (χ4v) is 1.19. The third-order valence-electron chi connectivity index (χ3n) is 2.31. The molecule has 0 aromatic carbocycles. The number of hydrogen-bond acceptors (Lipinski definition) is 3. The van der Waals surface area contributed by atoms with Gasteiger partial charge < -0.3 is 5.73 Å². The molecule has 1 fully saturated rings. The molecular formula is C9H13N3. The zero-order chi connectivity index (χ0) is 8.60.